The normalized spacial score (nSPS) is 11.4. The lowest BCUT2D eigenvalue weighted by molar-refractivity contribution is 0.0949. The molecule has 0 spiro atoms. The van der Waals surface area contributed by atoms with Crippen molar-refractivity contribution < 1.29 is 4.79 Å². The second kappa shape index (κ2) is 6.48. The van der Waals surface area contributed by atoms with Gasteiger partial charge in [-0.3, -0.25) is 4.79 Å². The van der Waals surface area contributed by atoms with E-state index in [2.05, 4.69) is 29.4 Å². The molecule has 2 aromatic carbocycles. The SMILES string of the molecule is CC(C)c1c(C(=O)N/N=C\c2ccccc2)[nH]c2ccccc12. The van der Waals surface area contributed by atoms with Crippen molar-refractivity contribution in [3.63, 3.8) is 0 Å². The highest BCUT2D eigenvalue weighted by Gasteiger charge is 2.19. The molecule has 116 valence electrons. The third-order valence-electron chi connectivity index (χ3n) is 3.73. The Hall–Kier alpha value is -2.88. The third-order valence-corrected chi connectivity index (χ3v) is 3.73. The van der Waals surface area contributed by atoms with Crippen LogP contribution in [0.3, 0.4) is 0 Å². The van der Waals surface area contributed by atoms with Gasteiger partial charge in [0.25, 0.3) is 5.91 Å². The van der Waals surface area contributed by atoms with E-state index < -0.39 is 0 Å². The maximum Gasteiger partial charge on any atom is 0.288 e. The van der Waals surface area contributed by atoms with Crippen molar-refractivity contribution in [2.75, 3.05) is 0 Å². The quantitative estimate of drug-likeness (QED) is 0.554. The van der Waals surface area contributed by atoms with Crippen LogP contribution >= 0.6 is 0 Å². The molecule has 3 rings (SSSR count). The summed E-state index contributed by atoms with van der Waals surface area (Å²) < 4.78 is 0. The van der Waals surface area contributed by atoms with Crippen LogP contribution in [0.25, 0.3) is 10.9 Å². The number of para-hydroxylation sites is 1. The van der Waals surface area contributed by atoms with Gasteiger partial charge < -0.3 is 4.98 Å². The van der Waals surface area contributed by atoms with Crippen LogP contribution in [-0.4, -0.2) is 17.1 Å². The van der Waals surface area contributed by atoms with Crippen molar-refractivity contribution in [2.24, 2.45) is 5.10 Å². The lowest BCUT2D eigenvalue weighted by Gasteiger charge is -2.07. The van der Waals surface area contributed by atoms with Gasteiger partial charge >= 0.3 is 0 Å². The number of H-pyrrole nitrogens is 1. The first kappa shape index (κ1) is 15.0. The number of fused-ring (bicyclic) bond motifs is 1. The average Bonchev–Trinajstić information content (AvgIpc) is 2.95. The molecule has 0 fully saturated rings. The number of hydrogen-bond donors (Lipinski definition) is 2. The van der Waals surface area contributed by atoms with Gasteiger partial charge in [-0.2, -0.15) is 5.10 Å². The average molecular weight is 305 g/mol. The van der Waals surface area contributed by atoms with Gasteiger partial charge in [0, 0.05) is 10.9 Å². The van der Waals surface area contributed by atoms with Crippen molar-refractivity contribution in [2.45, 2.75) is 19.8 Å². The van der Waals surface area contributed by atoms with Gasteiger partial charge in [-0.05, 0) is 23.1 Å². The Balaban J connectivity index is 1.86. The highest BCUT2D eigenvalue weighted by Crippen LogP contribution is 2.28. The molecule has 0 radical (unpaired) electrons. The molecule has 0 atom stereocenters. The fraction of sp³-hybridized carbons (Fsp3) is 0.158. The van der Waals surface area contributed by atoms with Crippen LogP contribution in [-0.2, 0) is 0 Å². The van der Waals surface area contributed by atoms with Crippen LogP contribution in [0.1, 0.15) is 41.4 Å². The number of amides is 1. The number of benzene rings is 2. The van der Waals surface area contributed by atoms with Gasteiger partial charge in [0.15, 0.2) is 0 Å². The van der Waals surface area contributed by atoms with Crippen molar-refractivity contribution >= 4 is 23.0 Å². The van der Waals surface area contributed by atoms with E-state index in [0.29, 0.717) is 5.69 Å². The summed E-state index contributed by atoms with van der Waals surface area (Å²) in [4.78, 5) is 15.7. The fourth-order valence-electron chi connectivity index (χ4n) is 2.70. The van der Waals surface area contributed by atoms with Crippen molar-refractivity contribution in [1.82, 2.24) is 10.4 Å². The Labute approximate surface area is 135 Å². The molecule has 1 heterocycles. The summed E-state index contributed by atoms with van der Waals surface area (Å²) in [6, 6.07) is 17.6. The molecule has 23 heavy (non-hydrogen) atoms. The van der Waals surface area contributed by atoms with Gasteiger partial charge in [-0.25, -0.2) is 5.43 Å². The molecule has 2 N–H and O–H groups in total. The number of rotatable bonds is 4. The number of nitrogens with zero attached hydrogens (tertiary/aromatic N) is 1. The monoisotopic (exact) mass is 305 g/mol. The molecule has 0 bridgehead atoms. The second-order valence-corrected chi connectivity index (χ2v) is 5.72. The zero-order chi connectivity index (χ0) is 16.2. The molecule has 0 aliphatic carbocycles. The number of aromatic amines is 1. The Morgan fingerprint density at radius 1 is 1.09 bits per heavy atom. The Morgan fingerprint density at radius 3 is 2.52 bits per heavy atom. The minimum atomic E-state index is -0.225. The van der Waals surface area contributed by atoms with Crippen LogP contribution in [0.5, 0.6) is 0 Å². The van der Waals surface area contributed by atoms with E-state index in [9.17, 15) is 4.79 Å². The molecule has 0 saturated carbocycles. The van der Waals surface area contributed by atoms with Gasteiger partial charge in [0.05, 0.1) is 6.21 Å². The number of hydrazone groups is 1. The number of hydrogen-bond acceptors (Lipinski definition) is 2. The molecule has 1 amide bonds. The summed E-state index contributed by atoms with van der Waals surface area (Å²) in [7, 11) is 0. The van der Waals surface area contributed by atoms with Crippen molar-refractivity contribution in [1.29, 1.82) is 0 Å². The molecule has 0 aliphatic rings. The Kier molecular flexibility index (Phi) is 4.24. The first-order valence-corrected chi connectivity index (χ1v) is 7.66. The predicted molar refractivity (Wildman–Crippen MR) is 93.9 cm³/mol. The molecule has 4 heteroatoms. The zero-order valence-electron chi connectivity index (χ0n) is 13.2. The van der Waals surface area contributed by atoms with E-state index in [1.165, 1.54) is 0 Å². The third kappa shape index (κ3) is 3.16. The van der Waals surface area contributed by atoms with E-state index in [-0.39, 0.29) is 11.8 Å². The number of carbonyl (C=O) groups excluding carboxylic acids is 1. The maximum absolute atomic E-state index is 12.5. The largest absolute Gasteiger partial charge is 0.350 e. The van der Waals surface area contributed by atoms with Crippen LogP contribution in [0.4, 0.5) is 0 Å². The fourth-order valence-corrected chi connectivity index (χ4v) is 2.70. The topological polar surface area (TPSA) is 57.2 Å². The summed E-state index contributed by atoms with van der Waals surface area (Å²) in [5, 5.41) is 5.13. The highest BCUT2D eigenvalue weighted by atomic mass is 16.2. The summed E-state index contributed by atoms with van der Waals surface area (Å²) in [6.45, 7) is 4.17. The molecule has 0 unspecified atom stereocenters. The Bertz CT molecular complexity index is 847. The van der Waals surface area contributed by atoms with Gasteiger partial charge in [-0.1, -0.05) is 62.4 Å². The van der Waals surface area contributed by atoms with Crippen molar-refractivity contribution in [3.05, 3.63) is 71.4 Å². The van der Waals surface area contributed by atoms with Gasteiger partial charge in [-0.15, -0.1) is 0 Å². The minimum absolute atomic E-state index is 0.225. The van der Waals surface area contributed by atoms with Gasteiger partial charge in [0.2, 0.25) is 0 Å². The lowest BCUT2D eigenvalue weighted by Crippen LogP contribution is -2.19. The van der Waals surface area contributed by atoms with E-state index in [1.807, 2.05) is 54.6 Å². The van der Waals surface area contributed by atoms with Crippen LogP contribution in [0, 0.1) is 0 Å². The smallest absolute Gasteiger partial charge is 0.288 e. The second-order valence-electron chi connectivity index (χ2n) is 5.72. The molecular weight excluding hydrogens is 286 g/mol. The van der Waals surface area contributed by atoms with Crippen LogP contribution in [0.15, 0.2) is 59.7 Å². The number of carbonyl (C=O) groups is 1. The molecular formula is C19H19N3O. The molecule has 4 nitrogen and oxygen atoms in total. The molecule has 1 aromatic heterocycles. The molecule has 0 saturated heterocycles. The standard InChI is InChI=1S/C19H19N3O/c1-13(2)17-15-10-6-7-11-16(15)21-18(17)19(23)22-20-12-14-8-4-3-5-9-14/h3-13,21H,1-2H3,(H,22,23)/b20-12-. The first-order valence-electron chi connectivity index (χ1n) is 7.66. The van der Waals surface area contributed by atoms with E-state index >= 15 is 0 Å². The molecule has 3 aromatic rings. The Morgan fingerprint density at radius 2 is 1.78 bits per heavy atom. The first-order chi connectivity index (χ1) is 11.2. The summed E-state index contributed by atoms with van der Waals surface area (Å²) in [6.07, 6.45) is 1.63. The zero-order valence-corrected chi connectivity index (χ0v) is 13.2. The van der Waals surface area contributed by atoms with Crippen LogP contribution in [0.2, 0.25) is 0 Å². The lowest BCUT2D eigenvalue weighted by atomic mass is 9.99. The van der Waals surface area contributed by atoms with E-state index in [0.717, 1.165) is 22.0 Å². The maximum atomic E-state index is 12.5. The summed E-state index contributed by atoms with van der Waals surface area (Å²) in [5.41, 5.74) is 6.10. The van der Waals surface area contributed by atoms with Gasteiger partial charge in [0.1, 0.15) is 5.69 Å². The predicted octanol–water partition coefficient (Wildman–Crippen LogP) is 4.06. The minimum Gasteiger partial charge on any atom is -0.350 e. The van der Waals surface area contributed by atoms with Crippen molar-refractivity contribution in [3.8, 4) is 0 Å². The molecule has 0 aliphatic heterocycles. The summed E-state index contributed by atoms with van der Waals surface area (Å²) in [5.74, 6) is 0.0158. The highest BCUT2D eigenvalue weighted by molar-refractivity contribution is 6.01. The summed E-state index contributed by atoms with van der Waals surface area (Å²) >= 11 is 0. The number of nitrogens with one attached hydrogen (secondary N) is 2. The number of aromatic nitrogens is 1. The van der Waals surface area contributed by atoms with E-state index in [4.69, 9.17) is 0 Å². The van der Waals surface area contributed by atoms with E-state index in [1.54, 1.807) is 6.21 Å². The van der Waals surface area contributed by atoms with Crippen LogP contribution < -0.4 is 5.43 Å².